The lowest BCUT2D eigenvalue weighted by Gasteiger charge is -2.11. The summed E-state index contributed by atoms with van der Waals surface area (Å²) in [6.07, 6.45) is 1.59. The van der Waals surface area contributed by atoms with Gasteiger partial charge in [-0.15, -0.1) is 0 Å². The van der Waals surface area contributed by atoms with Gasteiger partial charge in [0.25, 0.3) is 0 Å². The monoisotopic (exact) mass is 262 g/mol. The second-order valence-electron chi connectivity index (χ2n) is 3.16. The van der Waals surface area contributed by atoms with Crippen LogP contribution >= 0.6 is 23.2 Å². The first-order valence-corrected chi connectivity index (χ1v) is 5.52. The number of aromatic nitrogens is 1. The molecule has 0 fully saturated rings. The summed E-state index contributed by atoms with van der Waals surface area (Å²) in [6.45, 7) is 2.08. The molecule has 1 aromatic heterocycles. The number of hydrogen-bond acceptors (Lipinski definition) is 4. The number of carbonyl (C=O) groups excluding carboxylic acids is 1. The maximum absolute atomic E-state index is 11.2. The standard InChI is InChI=1S/C10H12Cl2N2O2/c1-2-16-9(15)4-8(13)6-3-7(11)10(12)14-5-6/h3,5,8H,2,4,13H2,1H3. The number of nitrogens with two attached hydrogens (primary N) is 1. The second-order valence-corrected chi connectivity index (χ2v) is 3.92. The third-order valence-corrected chi connectivity index (χ3v) is 2.62. The molecule has 0 spiro atoms. The van der Waals surface area contributed by atoms with Crippen LogP contribution in [0.15, 0.2) is 12.3 Å². The summed E-state index contributed by atoms with van der Waals surface area (Å²) >= 11 is 11.5. The Kier molecular flexibility index (Phi) is 4.99. The van der Waals surface area contributed by atoms with E-state index in [1.807, 2.05) is 0 Å². The van der Waals surface area contributed by atoms with Gasteiger partial charge in [-0.1, -0.05) is 23.2 Å². The fraction of sp³-hybridized carbons (Fsp3) is 0.400. The number of rotatable bonds is 4. The lowest BCUT2D eigenvalue weighted by molar-refractivity contribution is -0.143. The molecule has 4 nitrogen and oxygen atoms in total. The summed E-state index contributed by atoms with van der Waals surface area (Å²) in [5.74, 6) is -0.346. The van der Waals surface area contributed by atoms with Crippen molar-refractivity contribution in [2.24, 2.45) is 5.73 Å². The van der Waals surface area contributed by atoms with Gasteiger partial charge in [0.2, 0.25) is 0 Å². The number of pyridine rings is 1. The quantitative estimate of drug-likeness (QED) is 0.668. The zero-order chi connectivity index (χ0) is 12.1. The molecule has 6 heteroatoms. The predicted octanol–water partition coefficient (Wildman–Crippen LogP) is 2.34. The molecule has 0 saturated heterocycles. The Bertz CT molecular complexity index is 385. The third-order valence-electron chi connectivity index (χ3n) is 1.94. The van der Waals surface area contributed by atoms with E-state index in [0.717, 1.165) is 0 Å². The molecule has 1 atom stereocenters. The molecule has 16 heavy (non-hydrogen) atoms. The van der Waals surface area contributed by atoms with E-state index in [2.05, 4.69) is 4.98 Å². The number of halogens is 2. The smallest absolute Gasteiger partial charge is 0.307 e. The van der Waals surface area contributed by atoms with Gasteiger partial charge in [0.05, 0.1) is 18.1 Å². The van der Waals surface area contributed by atoms with E-state index in [9.17, 15) is 4.79 Å². The molecule has 0 aliphatic rings. The highest BCUT2D eigenvalue weighted by atomic mass is 35.5. The van der Waals surface area contributed by atoms with E-state index < -0.39 is 6.04 Å². The first kappa shape index (κ1) is 13.2. The topological polar surface area (TPSA) is 65.2 Å². The normalized spacial score (nSPS) is 12.2. The fourth-order valence-electron chi connectivity index (χ4n) is 1.16. The van der Waals surface area contributed by atoms with Gasteiger partial charge in [-0.25, -0.2) is 4.98 Å². The highest BCUT2D eigenvalue weighted by Crippen LogP contribution is 2.23. The molecule has 0 aliphatic carbocycles. The summed E-state index contributed by atoms with van der Waals surface area (Å²) in [4.78, 5) is 15.1. The zero-order valence-corrected chi connectivity index (χ0v) is 10.3. The van der Waals surface area contributed by atoms with Crippen molar-refractivity contribution in [3.63, 3.8) is 0 Å². The van der Waals surface area contributed by atoms with Gasteiger partial charge >= 0.3 is 5.97 Å². The van der Waals surface area contributed by atoms with Crippen LogP contribution in [0.5, 0.6) is 0 Å². The van der Waals surface area contributed by atoms with E-state index in [4.69, 9.17) is 33.7 Å². The average Bonchev–Trinajstić information content (AvgIpc) is 2.22. The van der Waals surface area contributed by atoms with Crippen molar-refractivity contribution >= 4 is 29.2 Å². The lowest BCUT2D eigenvalue weighted by Crippen LogP contribution is -2.17. The minimum Gasteiger partial charge on any atom is -0.466 e. The Labute approximate surface area is 104 Å². The van der Waals surface area contributed by atoms with Crippen LogP contribution in [0.3, 0.4) is 0 Å². The minimum absolute atomic E-state index is 0.0908. The molecule has 88 valence electrons. The number of esters is 1. The first-order chi connectivity index (χ1) is 7.54. The van der Waals surface area contributed by atoms with E-state index in [1.165, 1.54) is 6.20 Å². The number of nitrogens with zero attached hydrogens (tertiary/aromatic N) is 1. The van der Waals surface area contributed by atoms with Crippen LogP contribution < -0.4 is 5.73 Å². The maximum atomic E-state index is 11.2. The molecule has 0 radical (unpaired) electrons. The Hall–Kier alpha value is -0.840. The summed E-state index contributed by atoms with van der Waals surface area (Å²) in [6, 6.07) is 1.11. The summed E-state index contributed by atoms with van der Waals surface area (Å²) in [5, 5.41) is 0.534. The molecule has 1 unspecified atom stereocenters. The second kappa shape index (κ2) is 6.03. The Morgan fingerprint density at radius 3 is 2.88 bits per heavy atom. The van der Waals surface area contributed by atoms with Crippen LogP contribution in [0.25, 0.3) is 0 Å². The Morgan fingerprint density at radius 2 is 2.31 bits per heavy atom. The summed E-state index contributed by atoms with van der Waals surface area (Å²) in [5.41, 5.74) is 6.46. The lowest BCUT2D eigenvalue weighted by atomic mass is 10.1. The first-order valence-electron chi connectivity index (χ1n) is 4.76. The van der Waals surface area contributed by atoms with Crippen molar-refractivity contribution in [3.05, 3.63) is 28.0 Å². The van der Waals surface area contributed by atoms with Gasteiger partial charge in [-0.2, -0.15) is 0 Å². The number of carbonyl (C=O) groups is 1. The molecule has 0 aliphatic heterocycles. The summed E-state index contributed by atoms with van der Waals surface area (Å²) in [7, 11) is 0. The number of ether oxygens (including phenoxy) is 1. The highest BCUT2D eigenvalue weighted by Gasteiger charge is 2.14. The van der Waals surface area contributed by atoms with Crippen molar-refractivity contribution in [1.29, 1.82) is 0 Å². The van der Waals surface area contributed by atoms with E-state index in [1.54, 1.807) is 13.0 Å². The van der Waals surface area contributed by atoms with Gasteiger partial charge in [0.1, 0.15) is 5.15 Å². The van der Waals surface area contributed by atoms with Crippen molar-refractivity contribution in [2.45, 2.75) is 19.4 Å². The molecule has 0 saturated carbocycles. The van der Waals surface area contributed by atoms with E-state index >= 15 is 0 Å². The Balaban J connectivity index is 2.69. The van der Waals surface area contributed by atoms with E-state index in [-0.39, 0.29) is 17.5 Å². The summed E-state index contributed by atoms with van der Waals surface area (Å²) < 4.78 is 4.79. The maximum Gasteiger partial charge on any atom is 0.307 e. The van der Waals surface area contributed by atoms with Crippen LogP contribution in [0.4, 0.5) is 0 Å². The molecule has 0 aromatic carbocycles. The van der Waals surface area contributed by atoms with Crippen molar-refractivity contribution in [2.75, 3.05) is 6.61 Å². The van der Waals surface area contributed by atoms with Crippen LogP contribution in [-0.4, -0.2) is 17.6 Å². The van der Waals surface area contributed by atoms with Crippen molar-refractivity contribution in [3.8, 4) is 0 Å². The largest absolute Gasteiger partial charge is 0.466 e. The van der Waals surface area contributed by atoms with Gasteiger partial charge in [-0.05, 0) is 18.6 Å². The van der Waals surface area contributed by atoms with Crippen molar-refractivity contribution in [1.82, 2.24) is 4.98 Å². The predicted molar refractivity (Wildman–Crippen MR) is 62.4 cm³/mol. The third kappa shape index (κ3) is 3.63. The molecule has 1 heterocycles. The average molecular weight is 263 g/mol. The van der Waals surface area contributed by atoms with Crippen LogP contribution in [0.1, 0.15) is 24.9 Å². The van der Waals surface area contributed by atoms with Gasteiger partial charge in [0.15, 0.2) is 0 Å². The molecule has 0 bridgehead atoms. The van der Waals surface area contributed by atoms with E-state index in [0.29, 0.717) is 17.2 Å². The minimum atomic E-state index is -0.485. The number of hydrogen-bond donors (Lipinski definition) is 1. The van der Waals surface area contributed by atoms with Crippen LogP contribution in [0.2, 0.25) is 10.2 Å². The molecule has 1 rings (SSSR count). The van der Waals surface area contributed by atoms with Gasteiger partial charge in [0, 0.05) is 12.2 Å². The Morgan fingerprint density at radius 1 is 1.62 bits per heavy atom. The van der Waals surface area contributed by atoms with Crippen LogP contribution in [0, 0.1) is 0 Å². The van der Waals surface area contributed by atoms with Crippen LogP contribution in [-0.2, 0) is 9.53 Å². The van der Waals surface area contributed by atoms with Gasteiger partial charge < -0.3 is 10.5 Å². The zero-order valence-electron chi connectivity index (χ0n) is 8.74. The van der Waals surface area contributed by atoms with Crippen molar-refractivity contribution < 1.29 is 9.53 Å². The molecule has 1 aromatic rings. The SMILES string of the molecule is CCOC(=O)CC(N)c1cnc(Cl)c(Cl)c1. The highest BCUT2D eigenvalue weighted by molar-refractivity contribution is 6.41. The molecule has 0 amide bonds. The molecular formula is C10H12Cl2N2O2. The fourth-order valence-corrected chi connectivity index (χ4v) is 1.43. The van der Waals surface area contributed by atoms with Gasteiger partial charge in [-0.3, -0.25) is 4.79 Å². The molecule has 2 N–H and O–H groups in total. The molecular weight excluding hydrogens is 251 g/mol.